The predicted octanol–water partition coefficient (Wildman–Crippen LogP) is -1.36. The fraction of sp³-hybridized carbons (Fsp3) is 0.750. The van der Waals surface area contributed by atoms with Crippen molar-refractivity contribution >= 4 is 5.91 Å². The third kappa shape index (κ3) is 1.06. The molecule has 1 rings (SSSR count). The van der Waals surface area contributed by atoms with Crippen molar-refractivity contribution in [2.45, 2.75) is 12.5 Å². The molecule has 3 N–H and O–H groups in total. The Bertz CT molecular complexity index is 181. The summed E-state index contributed by atoms with van der Waals surface area (Å²) in [6, 6.07) is -0.705. The van der Waals surface area contributed by atoms with Crippen LogP contribution in [0.2, 0.25) is 0 Å². The number of carbonyl (C=O) groups excluding carboxylic acids is 1. The highest BCUT2D eigenvalue weighted by molar-refractivity contribution is 5.81. The van der Waals surface area contributed by atoms with Gasteiger partial charge in [-0.05, 0) is 0 Å². The topological polar surface area (TPSA) is 98.3 Å². The third-order valence-corrected chi connectivity index (χ3v) is 1.51. The van der Waals surface area contributed by atoms with Crippen LogP contribution < -0.4 is 11.3 Å². The summed E-state index contributed by atoms with van der Waals surface area (Å²) < 4.78 is 0. The van der Waals surface area contributed by atoms with Gasteiger partial charge in [0.05, 0.1) is 0 Å². The molecule has 0 aromatic rings. The molecule has 1 aliphatic rings. The second kappa shape index (κ2) is 2.22. The first-order chi connectivity index (χ1) is 4.66. The van der Waals surface area contributed by atoms with E-state index in [0.717, 1.165) is 0 Å². The molecule has 1 amide bonds. The van der Waals surface area contributed by atoms with Crippen LogP contribution in [0.1, 0.15) is 6.42 Å². The molecule has 0 heterocycles. The number of nitrogens with two attached hydrogens (primary N) is 1. The van der Waals surface area contributed by atoms with Crippen molar-refractivity contribution in [2.75, 3.05) is 0 Å². The summed E-state index contributed by atoms with van der Waals surface area (Å²) >= 11 is 0. The van der Waals surface area contributed by atoms with Crippen LogP contribution in [-0.4, -0.2) is 16.9 Å². The van der Waals surface area contributed by atoms with E-state index in [1.165, 1.54) is 0 Å². The summed E-state index contributed by atoms with van der Waals surface area (Å²) in [5.74, 6) is 3.81. The molecule has 6 nitrogen and oxygen atoms in total. The van der Waals surface area contributed by atoms with E-state index in [4.69, 9.17) is 5.84 Å². The maximum Gasteiger partial charge on any atom is 0.244 e. The Labute approximate surface area is 56.5 Å². The molecule has 0 bridgehead atoms. The second-order valence-corrected chi connectivity index (χ2v) is 2.20. The normalized spacial score (nSPS) is 29.3. The minimum Gasteiger partial charge on any atom is -0.294 e. The van der Waals surface area contributed by atoms with E-state index in [1.54, 1.807) is 0 Å². The first kappa shape index (κ1) is 6.94. The lowest BCUT2D eigenvalue weighted by atomic mass is 10.4. The van der Waals surface area contributed by atoms with Crippen LogP contribution in [0.25, 0.3) is 0 Å². The molecule has 0 aromatic heterocycles. The van der Waals surface area contributed by atoms with Crippen LogP contribution >= 0.6 is 0 Å². The fourth-order valence-corrected chi connectivity index (χ4v) is 0.803. The third-order valence-electron chi connectivity index (χ3n) is 1.51. The number of hydrogen-bond acceptors (Lipinski definition) is 4. The zero-order chi connectivity index (χ0) is 7.72. The lowest BCUT2D eigenvalue weighted by Gasteiger charge is -1.91. The van der Waals surface area contributed by atoms with E-state index in [9.17, 15) is 14.9 Å². The Morgan fingerprint density at radius 1 is 1.80 bits per heavy atom. The van der Waals surface area contributed by atoms with Crippen molar-refractivity contribution < 1.29 is 9.72 Å². The maximum absolute atomic E-state index is 10.5. The minimum atomic E-state index is -0.705. The molecule has 1 saturated carbocycles. The van der Waals surface area contributed by atoms with Gasteiger partial charge in [0.2, 0.25) is 11.9 Å². The maximum atomic E-state index is 10.5. The number of nitro groups is 1. The van der Waals surface area contributed by atoms with Crippen LogP contribution in [0.4, 0.5) is 0 Å². The Balaban J connectivity index is 2.38. The van der Waals surface area contributed by atoms with Gasteiger partial charge in [0.1, 0.15) is 5.92 Å². The first-order valence-electron chi connectivity index (χ1n) is 2.80. The Morgan fingerprint density at radius 2 is 2.40 bits per heavy atom. The molecule has 0 radical (unpaired) electrons. The molecule has 56 valence electrons. The van der Waals surface area contributed by atoms with Crippen molar-refractivity contribution in [2.24, 2.45) is 11.8 Å². The van der Waals surface area contributed by atoms with Gasteiger partial charge in [-0.2, -0.15) is 0 Å². The van der Waals surface area contributed by atoms with Gasteiger partial charge in [0.25, 0.3) is 0 Å². The number of hydrogen-bond donors (Lipinski definition) is 2. The average Bonchev–Trinajstić information content (AvgIpc) is 2.64. The first-order valence-corrected chi connectivity index (χ1v) is 2.80. The van der Waals surface area contributed by atoms with Gasteiger partial charge >= 0.3 is 0 Å². The Morgan fingerprint density at radius 3 is 2.70 bits per heavy atom. The van der Waals surface area contributed by atoms with E-state index < -0.39 is 22.8 Å². The van der Waals surface area contributed by atoms with Gasteiger partial charge in [-0.15, -0.1) is 0 Å². The van der Waals surface area contributed by atoms with Crippen LogP contribution in [0.5, 0.6) is 0 Å². The number of carbonyl (C=O) groups is 1. The summed E-state index contributed by atoms with van der Waals surface area (Å²) in [7, 11) is 0. The van der Waals surface area contributed by atoms with Gasteiger partial charge in [0.15, 0.2) is 0 Å². The van der Waals surface area contributed by atoms with E-state index in [0.29, 0.717) is 6.42 Å². The zero-order valence-corrected chi connectivity index (χ0v) is 5.11. The molecule has 10 heavy (non-hydrogen) atoms. The molecule has 0 spiro atoms. The fourth-order valence-electron chi connectivity index (χ4n) is 0.803. The van der Waals surface area contributed by atoms with Crippen molar-refractivity contribution in [3.63, 3.8) is 0 Å². The van der Waals surface area contributed by atoms with Crippen LogP contribution in [0.15, 0.2) is 0 Å². The Kier molecular flexibility index (Phi) is 1.54. The molecule has 1 aliphatic carbocycles. The van der Waals surface area contributed by atoms with Crippen LogP contribution in [0, 0.1) is 16.0 Å². The van der Waals surface area contributed by atoms with E-state index in [2.05, 4.69) is 0 Å². The van der Waals surface area contributed by atoms with Crippen LogP contribution in [0.3, 0.4) is 0 Å². The number of hydrazine groups is 1. The SMILES string of the molecule is NNC(=O)C1CC1[N+](=O)[O-]. The number of nitrogens with zero attached hydrogens (tertiary/aromatic N) is 1. The van der Waals surface area contributed by atoms with Crippen molar-refractivity contribution in [3.05, 3.63) is 10.1 Å². The number of rotatable bonds is 2. The molecule has 0 aromatic carbocycles. The molecular weight excluding hydrogens is 138 g/mol. The summed E-state index contributed by atoms with van der Waals surface area (Å²) in [5.41, 5.74) is 1.87. The van der Waals surface area contributed by atoms with Crippen molar-refractivity contribution in [3.8, 4) is 0 Å². The highest BCUT2D eigenvalue weighted by Crippen LogP contribution is 2.32. The van der Waals surface area contributed by atoms with Gasteiger partial charge in [0, 0.05) is 11.3 Å². The van der Waals surface area contributed by atoms with Gasteiger partial charge in [-0.3, -0.25) is 20.3 Å². The molecule has 2 unspecified atom stereocenters. The molecular formula is C4H7N3O3. The quantitative estimate of drug-likeness (QED) is 0.217. The van der Waals surface area contributed by atoms with Crippen molar-refractivity contribution in [1.29, 1.82) is 0 Å². The number of nitrogens with one attached hydrogen (secondary N) is 1. The van der Waals surface area contributed by atoms with Gasteiger partial charge in [-0.1, -0.05) is 0 Å². The second-order valence-electron chi connectivity index (χ2n) is 2.20. The average molecular weight is 145 g/mol. The summed E-state index contributed by atoms with van der Waals surface area (Å²) in [5, 5.41) is 9.98. The highest BCUT2D eigenvalue weighted by atomic mass is 16.6. The van der Waals surface area contributed by atoms with Gasteiger partial charge < -0.3 is 0 Å². The molecule has 0 saturated heterocycles. The Hall–Kier alpha value is -1.17. The highest BCUT2D eigenvalue weighted by Gasteiger charge is 2.53. The number of amides is 1. The monoisotopic (exact) mass is 145 g/mol. The lowest BCUT2D eigenvalue weighted by molar-refractivity contribution is -0.497. The minimum absolute atomic E-state index is 0.316. The summed E-state index contributed by atoms with van der Waals surface area (Å²) in [4.78, 5) is 20.1. The smallest absolute Gasteiger partial charge is 0.244 e. The lowest BCUT2D eigenvalue weighted by Crippen LogP contribution is -2.32. The standard InChI is InChI=1S/C4H7N3O3/c5-6-4(8)2-1-3(2)7(9)10/h2-3H,1,5H2,(H,6,8). The molecule has 0 aliphatic heterocycles. The van der Waals surface area contributed by atoms with E-state index in [1.807, 2.05) is 5.43 Å². The largest absolute Gasteiger partial charge is 0.294 e. The van der Waals surface area contributed by atoms with E-state index >= 15 is 0 Å². The summed E-state index contributed by atoms with van der Waals surface area (Å²) in [6.07, 6.45) is 0.316. The summed E-state index contributed by atoms with van der Waals surface area (Å²) in [6.45, 7) is 0. The van der Waals surface area contributed by atoms with Crippen LogP contribution in [-0.2, 0) is 4.79 Å². The van der Waals surface area contributed by atoms with E-state index in [-0.39, 0.29) is 0 Å². The molecule has 6 heteroatoms. The molecule has 2 atom stereocenters. The predicted molar refractivity (Wildman–Crippen MR) is 31.2 cm³/mol. The molecule has 1 fully saturated rings. The van der Waals surface area contributed by atoms with Crippen molar-refractivity contribution in [1.82, 2.24) is 5.43 Å². The zero-order valence-electron chi connectivity index (χ0n) is 5.11. The van der Waals surface area contributed by atoms with Gasteiger partial charge in [-0.25, -0.2) is 5.84 Å².